The molecule has 9 nitrogen and oxygen atoms in total. The van der Waals surface area contributed by atoms with Crippen molar-refractivity contribution in [3.8, 4) is 0 Å². The summed E-state index contributed by atoms with van der Waals surface area (Å²) in [6.45, 7) is 4.87. The lowest BCUT2D eigenvalue weighted by Crippen LogP contribution is -2.42. The van der Waals surface area contributed by atoms with Crippen molar-refractivity contribution in [3.05, 3.63) is 89.2 Å². The summed E-state index contributed by atoms with van der Waals surface area (Å²) >= 11 is 6.23. The maximum absolute atomic E-state index is 12.6. The Labute approximate surface area is 226 Å². The number of rotatable bonds is 11. The van der Waals surface area contributed by atoms with Crippen LogP contribution in [0.3, 0.4) is 0 Å². The maximum Gasteiger partial charge on any atom is 0.337 e. The highest BCUT2D eigenvalue weighted by Crippen LogP contribution is 2.27. The Bertz CT molecular complexity index is 1550. The molecule has 38 heavy (non-hydrogen) atoms. The van der Waals surface area contributed by atoms with Crippen LogP contribution in [0.25, 0.3) is 11.0 Å². The summed E-state index contributed by atoms with van der Waals surface area (Å²) in [6, 6.07) is 17.9. The Hall–Kier alpha value is -3.44. The normalized spacial score (nSPS) is 12.9. The molecule has 4 N–H and O–H groups in total. The van der Waals surface area contributed by atoms with Gasteiger partial charge in [-0.15, -0.1) is 0 Å². The number of β-amino-alcohol motifs (C(OH)–C–C–N with tert-alkyl or cyclic N) is 1. The number of nitrogens with one attached hydrogen (secondary N) is 2. The number of carbonyl (C=O) groups is 1. The van der Waals surface area contributed by atoms with Crippen molar-refractivity contribution in [2.75, 3.05) is 11.3 Å². The van der Waals surface area contributed by atoms with Crippen LogP contribution in [-0.2, 0) is 16.6 Å². The summed E-state index contributed by atoms with van der Waals surface area (Å²) in [7, 11) is -3.74. The molecule has 0 saturated carbocycles. The molecule has 0 fully saturated rings. The van der Waals surface area contributed by atoms with Gasteiger partial charge in [-0.1, -0.05) is 41.9 Å². The lowest BCUT2D eigenvalue weighted by atomic mass is 9.99. The van der Waals surface area contributed by atoms with Crippen LogP contribution in [0.4, 0.5) is 5.69 Å². The lowest BCUT2D eigenvalue weighted by Gasteiger charge is -2.28. The number of halogens is 1. The standard InChI is InChI=1S/C27H29ClN4O5S/c1-27(2,13-14-32-17-29-25-22(32)12-11-21(24(25)28)26(34)35)30-16-23(33)18-7-6-8-19(15-18)31-38(36,37)20-9-4-3-5-10-20/h3-12,15,17,23,30-31,33H,13-14,16H2,1-2H3,(H,34,35)/t23-/m1/s1. The number of hydrogen-bond donors (Lipinski definition) is 4. The average Bonchev–Trinajstić information content (AvgIpc) is 3.31. The molecule has 0 bridgehead atoms. The molecular weight excluding hydrogens is 528 g/mol. The van der Waals surface area contributed by atoms with Gasteiger partial charge in [0.25, 0.3) is 10.0 Å². The minimum absolute atomic E-state index is 0.0114. The first-order chi connectivity index (χ1) is 18.0. The van der Waals surface area contributed by atoms with Gasteiger partial charge in [-0.25, -0.2) is 18.2 Å². The number of aromatic nitrogens is 2. The van der Waals surface area contributed by atoms with Crippen molar-refractivity contribution in [3.63, 3.8) is 0 Å². The Morgan fingerprint density at radius 3 is 2.55 bits per heavy atom. The average molecular weight is 557 g/mol. The van der Waals surface area contributed by atoms with Crippen molar-refractivity contribution in [2.45, 2.75) is 43.4 Å². The van der Waals surface area contributed by atoms with Gasteiger partial charge in [-0.2, -0.15) is 0 Å². The third-order valence-electron chi connectivity index (χ3n) is 6.29. The molecular formula is C27H29ClN4O5S. The van der Waals surface area contributed by atoms with Crippen LogP contribution in [0, 0.1) is 0 Å². The number of fused-ring (bicyclic) bond motifs is 1. The molecule has 4 aromatic rings. The number of sulfonamides is 1. The fraction of sp³-hybridized carbons (Fsp3) is 0.259. The molecule has 0 amide bonds. The van der Waals surface area contributed by atoms with Gasteiger partial charge >= 0.3 is 5.97 Å². The van der Waals surface area contributed by atoms with E-state index >= 15 is 0 Å². The number of imidazole rings is 1. The summed E-state index contributed by atoms with van der Waals surface area (Å²) in [4.78, 5) is 15.8. The predicted molar refractivity (Wildman–Crippen MR) is 147 cm³/mol. The first-order valence-corrected chi connectivity index (χ1v) is 13.8. The number of aromatic carboxylic acids is 1. The van der Waals surface area contributed by atoms with Crippen LogP contribution in [0.15, 0.2) is 78.0 Å². The minimum atomic E-state index is -3.74. The number of aliphatic hydroxyl groups is 1. The Balaban J connectivity index is 1.37. The topological polar surface area (TPSA) is 134 Å². The van der Waals surface area contributed by atoms with E-state index in [-0.39, 0.29) is 27.6 Å². The fourth-order valence-electron chi connectivity index (χ4n) is 4.04. The minimum Gasteiger partial charge on any atom is -0.478 e. The molecule has 0 unspecified atom stereocenters. The Morgan fingerprint density at radius 1 is 1.11 bits per heavy atom. The number of nitrogens with zero attached hydrogens (tertiary/aromatic N) is 2. The van der Waals surface area contributed by atoms with E-state index in [1.807, 2.05) is 18.4 Å². The van der Waals surface area contributed by atoms with Crippen LogP contribution in [-0.4, -0.2) is 46.2 Å². The third kappa shape index (κ3) is 6.33. The molecule has 0 aliphatic rings. The van der Waals surface area contributed by atoms with Gasteiger partial charge in [-0.05, 0) is 62.2 Å². The lowest BCUT2D eigenvalue weighted by molar-refractivity contribution is 0.0697. The van der Waals surface area contributed by atoms with Crippen molar-refractivity contribution in [1.29, 1.82) is 0 Å². The van der Waals surface area contributed by atoms with Gasteiger partial charge in [0, 0.05) is 24.3 Å². The first-order valence-electron chi connectivity index (χ1n) is 11.9. The van der Waals surface area contributed by atoms with E-state index in [0.29, 0.717) is 29.7 Å². The van der Waals surface area contributed by atoms with Gasteiger partial charge < -0.3 is 20.1 Å². The van der Waals surface area contributed by atoms with Crippen molar-refractivity contribution < 1.29 is 23.4 Å². The number of aliphatic hydroxyl groups excluding tert-OH is 1. The molecule has 0 radical (unpaired) electrons. The van der Waals surface area contributed by atoms with E-state index in [1.54, 1.807) is 54.9 Å². The smallest absolute Gasteiger partial charge is 0.337 e. The molecule has 0 spiro atoms. The highest BCUT2D eigenvalue weighted by Gasteiger charge is 2.21. The monoisotopic (exact) mass is 556 g/mol. The van der Waals surface area contributed by atoms with Crippen LogP contribution in [0.5, 0.6) is 0 Å². The Morgan fingerprint density at radius 2 is 1.84 bits per heavy atom. The second-order valence-electron chi connectivity index (χ2n) is 9.61. The van der Waals surface area contributed by atoms with E-state index in [0.717, 1.165) is 5.52 Å². The second kappa shape index (κ2) is 11.1. The molecule has 0 aliphatic carbocycles. The summed E-state index contributed by atoms with van der Waals surface area (Å²) in [5.74, 6) is -1.10. The van der Waals surface area contributed by atoms with E-state index in [9.17, 15) is 23.4 Å². The Kier molecular flexibility index (Phi) is 8.08. The molecule has 0 aliphatic heterocycles. The molecule has 0 saturated heterocycles. The molecule has 1 aromatic heterocycles. The summed E-state index contributed by atoms with van der Waals surface area (Å²) in [5, 5.41) is 23.5. The summed E-state index contributed by atoms with van der Waals surface area (Å²) < 4.78 is 29.7. The van der Waals surface area contributed by atoms with Crippen LogP contribution in [0.1, 0.15) is 42.3 Å². The van der Waals surface area contributed by atoms with E-state index in [4.69, 9.17) is 11.6 Å². The third-order valence-corrected chi connectivity index (χ3v) is 8.07. The van der Waals surface area contributed by atoms with Gasteiger partial charge in [0.2, 0.25) is 0 Å². The van der Waals surface area contributed by atoms with Crippen LogP contribution < -0.4 is 10.0 Å². The zero-order chi connectivity index (χ0) is 27.5. The molecule has 11 heteroatoms. The first kappa shape index (κ1) is 27.6. The molecule has 4 rings (SSSR count). The van der Waals surface area contributed by atoms with Crippen molar-refractivity contribution in [1.82, 2.24) is 14.9 Å². The SMILES string of the molecule is CC(C)(CCn1cnc2c(Cl)c(C(=O)O)ccc21)NC[C@@H](O)c1cccc(NS(=O)(=O)c2ccccc2)c1. The number of anilines is 1. The molecule has 1 heterocycles. The van der Waals surface area contributed by atoms with Gasteiger partial charge in [0.1, 0.15) is 5.52 Å². The number of benzene rings is 3. The van der Waals surface area contributed by atoms with Crippen LogP contribution in [0.2, 0.25) is 5.02 Å². The van der Waals surface area contributed by atoms with E-state index in [1.165, 1.54) is 18.2 Å². The summed E-state index contributed by atoms with van der Waals surface area (Å²) in [6.07, 6.45) is 1.45. The van der Waals surface area contributed by atoms with E-state index in [2.05, 4.69) is 15.0 Å². The number of hydrogen-bond acceptors (Lipinski definition) is 6. The number of carboxylic acid groups (broad SMARTS) is 1. The van der Waals surface area contributed by atoms with Crippen molar-refractivity contribution >= 4 is 44.3 Å². The highest BCUT2D eigenvalue weighted by molar-refractivity contribution is 7.92. The maximum atomic E-state index is 12.6. The zero-order valence-electron chi connectivity index (χ0n) is 20.9. The van der Waals surface area contributed by atoms with Gasteiger partial charge in [0.15, 0.2) is 0 Å². The van der Waals surface area contributed by atoms with Crippen LogP contribution >= 0.6 is 11.6 Å². The highest BCUT2D eigenvalue weighted by atomic mass is 35.5. The largest absolute Gasteiger partial charge is 0.478 e. The molecule has 1 atom stereocenters. The summed E-state index contributed by atoms with van der Waals surface area (Å²) in [5.41, 5.74) is 1.76. The number of aryl methyl sites for hydroxylation is 1. The predicted octanol–water partition coefficient (Wildman–Crippen LogP) is 4.68. The molecule has 200 valence electrons. The van der Waals surface area contributed by atoms with Gasteiger partial charge in [-0.3, -0.25) is 4.72 Å². The fourth-order valence-corrected chi connectivity index (χ4v) is 5.40. The quantitative estimate of drug-likeness (QED) is 0.211. The second-order valence-corrected chi connectivity index (χ2v) is 11.7. The number of carboxylic acids is 1. The van der Waals surface area contributed by atoms with Gasteiger partial charge in [0.05, 0.1) is 33.4 Å². The van der Waals surface area contributed by atoms with E-state index < -0.39 is 22.1 Å². The zero-order valence-corrected chi connectivity index (χ0v) is 22.5. The molecule has 3 aromatic carbocycles. The van der Waals surface area contributed by atoms with Crippen molar-refractivity contribution in [2.24, 2.45) is 0 Å².